The van der Waals surface area contributed by atoms with Crippen LogP contribution in [0.3, 0.4) is 0 Å². The lowest BCUT2D eigenvalue weighted by molar-refractivity contribution is 0.0270. The van der Waals surface area contributed by atoms with Gasteiger partial charge in [-0.2, -0.15) is 4.39 Å². The molecule has 0 saturated carbocycles. The highest BCUT2D eigenvalue weighted by Crippen LogP contribution is 2.36. The lowest BCUT2D eigenvalue weighted by atomic mass is 9.92. The number of ether oxygens (including phenoxy) is 3. The van der Waals surface area contributed by atoms with Gasteiger partial charge in [-0.3, -0.25) is 4.57 Å². The number of anilines is 1. The summed E-state index contributed by atoms with van der Waals surface area (Å²) in [6, 6.07) is 17.4. The molecule has 0 bridgehead atoms. The molecule has 0 fully saturated rings. The van der Waals surface area contributed by atoms with Gasteiger partial charge in [-0.25, -0.2) is 31.7 Å². The van der Waals surface area contributed by atoms with Crippen LogP contribution in [0.2, 0.25) is 0 Å². The SMILES string of the molecule is COc1ccc(CN(c2cccc(F)n2)S(=O)(=O)c2ccc3c(oc(=O)n3C(C)c3ccccc3C3=CCN(C(=O)OC(C)(C)C)CC3)c2F)c(OC)c1. The van der Waals surface area contributed by atoms with Crippen LogP contribution in [0.1, 0.15) is 56.8 Å². The zero-order chi connectivity index (χ0) is 38.9. The van der Waals surface area contributed by atoms with Gasteiger partial charge in [0.1, 0.15) is 27.8 Å². The Morgan fingerprint density at radius 2 is 1.78 bits per heavy atom. The molecule has 15 heteroatoms. The number of hydrogen-bond donors (Lipinski definition) is 0. The Labute approximate surface area is 311 Å². The number of nitrogens with zero attached hydrogens (tertiary/aromatic N) is 4. The number of fused-ring (bicyclic) bond motifs is 1. The summed E-state index contributed by atoms with van der Waals surface area (Å²) in [6.45, 7) is 7.51. The van der Waals surface area contributed by atoms with Gasteiger partial charge in [-0.1, -0.05) is 36.4 Å². The van der Waals surface area contributed by atoms with Gasteiger partial charge in [0, 0.05) is 24.7 Å². The first-order valence-electron chi connectivity index (χ1n) is 17.1. The molecule has 0 aliphatic carbocycles. The summed E-state index contributed by atoms with van der Waals surface area (Å²) in [5, 5.41) is 0. The molecule has 12 nitrogen and oxygen atoms in total. The van der Waals surface area contributed by atoms with Crippen molar-refractivity contribution >= 4 is 38.6 Å². The summed E-state index contributed by atoms with van der Waals surface area (Å²) in [7, 11) is -1.97. The number of oxazole rings is 1. The van der Waals surface area contributed by atoms with Gasteiger partial charge in [0.15, 0.2) is 11.4 Å². The van der Waals surface area contributed by atoms with E-state index in [4.69, 9.17) is 18.6 Å². The fourth-order valence-corrected chi connectivity index (χ4v) is 7.85. The Morgan fingerprint density at radius 3 is 2.44 bits per heavy atom. The Hall–Kier alpha value is -5.70. The number of carbonyl (C=O) groups is 1. The van der Waals surface area contributed by atoms with E-state index in [0.717, 1.165) is 33.1 Å². The maximum absolute atomic E-state index is 16.5. The molecule has 54 heavy (non-hydrogen) atoms. The standard InChI is InChI=1S/C39H40F2N4O8S/c1-24(28-10-7-8-11-29(28)25-18-20-43(21-19-25)37(46)53-39(2,3)4)45-30-16-17-32(35(41)36(30)52-38(45)47)54(48,49)44(34-13-9-12-33(40)42-34)23-26-14-15-27(50-5)22-31(26)51-6/h7-18,22,24H,19-21,23H2,1-6H3. The van der Waals surface area contributed by atoms with Gasteiger partial charge < -0.3 is 23.5 Å². The van der Waals surface area contributed by atoms with E-state index < -0.39 is 62.3 Å². The minimum absolute atomic E-state index is 0.0275. The van der Waals surface area contributed by atoms with Crippen LogP contribution in [0.5, 0.6) is 11.5 Å². The summed E-state index contributed by atoms with van der Waals surface area (Å²) in [5.41, 5.74) is 1.71. The number of benzene rings is 3. The minimum Gasteiger partial charge on any atom is -0.497 e. The first kappa shape index (κ1) is 38.0. The monoisotopic (exact) mass is 762 g/mol. The van der Waals surface area contributed by atoms with E-state index in [1.165, 1.54) is 37.0 Å². The zero-order valence-corrected chi connectivity index (χ0v) is 31.4. The Kier molecular flexibility index (Phi) is 10.5. The molecule has 1 amide bonds. The van der Waals surface area contributed by atoms with Crippen LogP contribution in [0.25, 0.3) is 16.7 Å². The lowest BCUT2D eigenvalue weighted by Gasteiger charge is -2.30. The molecule has 3 heterocycles. The van der Waals surface area contributed by atoms with Crippen molar-refractivity contribution in [3.8, 4) is 11.5 Å². The molecule has 1 aliphatic heterocycles. The minimum atomic E-state index is -4.82. The highest BCUT2D eigenvalue weighted by molar-refractivity contribution is 7.92. The quantitative estimate of drug-likeness (QED) is 0.134. The maximum atomic E-state index is 16.5. The van der Waals surface area contributed by atoms with Crippen molar-refractivity contribution in [1.82, 2.24) is 14.5 Å². The number of pyridine rings is 1. The summed E-state index contributed by atoms with van der Waals surface area (Å²) >= 11 is 0. The molecule has 0 spiro atoms. The predicted molar refractivity (Wildman–Crippen MR) is 198 cm³/mol. The van der Waals surface area contributed by atoms with Gasteiger partial charge in [0.25, 0.3) is 10.0 Å². The second-order valence-corrected chi connectivity index (χ2v) is 15.5. The number of rotatable bonds is 10. The molecule has 1 unspecified atom stereocenters. The van der Waals surface area contributed by atoms with Gasteiger partial charge in [0.05, 0.1) is 32.3 Å². The van der Waals surface area contributed by atoms with E-state index in [1.54, 1.807) is 30.0 Å². The smallest absolute Gasteiger partial charge is 0.420 e. The average Bonchev–Trinajstić information content (AvgIpc) is 3.49. The summed E-state index contributed by atoms with van der Waals surface area (Å²) in [6.07, 6.45) is 2.06. The summed E-state index contributed by atoms with van der Waals surface area (Å²) in [4.78, 5) is 30.7. The predicted octanol–water partition coefficient (Wildman–Crippen LogP) is 7.31. The molecule has 5 aromatic rings. The fraction of sp³-hybridized carbons (Fsp3) is 0.308. The zero-order valence-electron chi connectivity index (χ0n) is 30.6. The second-order valence-electron chi connectivity index (χ2n) is 13.6. The molecule has 0 saturated heterocycles. The van der Waals surface area contributed by atoms with E-state index >= 15 is 4.39 Å². The van der Waals surface area contributed by atoms with Crippen LogP contribution in [-0.2, 0) is 21.3 Å². The Bertz CT molecular complexity index is 2420. The molecule has 3 aromatic carbocycles. The number of aromatic nitrogens is 2. The largest absolute Gasteiger partial charge is 0.497 e. The third-order valence-corrected chi connectivity index (χ3v) is 10.8. The van der Waals surface area contributed by atoms with E-state index in [-0.39, 0.29) is 17.1 Å². The fourth-order valence-electron chi connectivity index (χ4n) is 6.40. The van der Waals surface area contributed by atoms with E-state index in [9.17, 15) is 22.4 Å². The van der Waals surface area contributed by atoms with Crippen molar-refractivity contribution in [3.63, 3.8) is 0 Å². The molecule has 1 atom stereocenters. The summed E-state index contributed by atoms with van der Waals surface area (Å²) < 4.78 is 83.2. The lowest BCUT2D eigenvalue weighted by Crippen LogP contribution is -2.39. The Balaban J connectivity index is 1.37. The molecular formula is C39H40F2N4O8S. The van der Waals surface area contributed by atoms with Crippen molar-refractivity contribution in [2.45, 2.75) is 57.2 Å². The third kappa shape index (κ3) is 7.53. The van der Waals surface area contributed by atoms with Crippen LogP contribution in [0.4, 0.5) is 19.4 Å². The highest BCUT2D eigenvalue weighted by Gasteiger charge is 2.34. The van der Waals surface area contributed by atoms with Gasteiger partial charge in [-0.05, 0) is 87.2 Å². The van der Waals surface area contributed by atoms with Crippen LogP contribution in [0.15, 0.2) is 93.0 Å². The van der Waals surface area contributed by atoms with Gasteiger partial charge in [0.2, 0.25) is 5.95 Å². The van der Waals surface area contributed by atoms with Crippen molar-refractivity contribution < 1.29 is 40.6 Å². The molecule has 284 valence electrons. The van der Waals surface area contributed by atoms with E-state index in [2.05, 4.69) is 4.98 Å². The van der Waals surface area contributed by atoms with Crippen LogP contribution in [0, 0.1) is 11.8 Å². The number of carbonyl (C=O) groups excluding carboxylic acids is 1. The number of sulfonamides is 1. The second kappa shape index (κ2) is 15.0. The topological polar surface area (TPSA) is 133 Å². The van der Waals surface area contributed by atoms with E-state index in [1.807, 2.05) is 51.1 Å². The third-order valence-electron chi connectivity index (χ3n) is 9.02. The molecule has 1 aliphatic rings. The first-order chi connectivity index (χ1) is 25.6. The number of methoxy groups -OCH3 is 2. The average molecular weight is 763 g/mol. The highest BCUT2D eigenvalue weighted by atomic mass is 32.2. The number of hydrogen-bond acceptors (Lipinski definition) is 9. The van der Waals surface area contributed by atoms with Crippen molar-refractivity contribution in [2.75, 3.05) is 31.6 Å². The molecule has 2 aromatic heterocycles. The molecule has 0 N–H and O–H groups in total. The normalized spacial score (nSPS) is 14.1. The van der Waals surface area contributed by atoms with Gasteiger partial charge in [-0.15, -0.1) is 0 Å². The first-order valence-corrected chi connectivity index (χ1v) is 18.5. The van der Waals surface area contributed by atoms with E-state index in [0.29, 0.717) is 30.8 Å². The van der Waals surface area contributed by atoms with Crippen LogP contribution >= 0.6 is 0 Å². The molecular weight excluding hydrogens is 723 g/mol. The van der Waals surface area contributed by atoms with Crippen molar-refractivity contribution in [3.05, 3.63) is 118 Å². The summed E-state index contributed by atoms with van der Waals surface area (Å²) in [5.74, 6) is -2.76. The van der Waals surface area contributed by atoms with Crippen LogP contribution < -0.4 is 19.5 Å². The van der Waals surface area contributed by atoms with Crippen molar-refractivity contribution in [1.29, 1.82) is 0 Å². The molecule has 0 radical (unpaired) electrons. The van der Waals surface area contributed by atoms with Gasteiger partial charge >= 0.3 is 11.8 Å². The number of halogens is 2. The van der Waals surface area contributed by atoms with Crippen molar-refractivity contribution in [2.24, 2.45) is 0 Å². The number of amides is 1. The molecule has 6 rings (SSSR count). The Morgan fingerprint density at radius 1 is 1.02 bits per heavy atom. The maximum Gasteiger partial charge on any atom is 0.420 e. The van der Waals surface area contributed by atoms with Crippen LogP contribution in [-0.4, -0.2) is 61.9 Å².